The molecule has 0 radical (unpaired) electrons. The maximum atomic E-state index is 12.6. The lowest BCUT2D eigenvalue weighted by molar-refractivity contribution is -0.161. The SMILES string of the molecule is CC/C=C\C/C=C\C/C=C\C/C=C\C/C=C\CCCCCC(=O)OCC(COP(=O)(O)OCCN(C)C)OC(=O)CCCCCCC/C=C\C/C=C\CCCCC. The summed E-state index contributed by atoms with van der Waals surface area (Å²) in [6.45, 7) is 4.10. The van der Waals surface area contributed by atoms with Crippen LogP contribution in [-0.4, -0.2) is 68.3 Å². The molecule has 0 spiro atoms. The highest BCUT2D eigenvalue weighted by Gasteiger charge is 2.26. The van der Waals surface area contributed by atoms with E-state index in [2.05, 4.69) is 98.9 Å². The summed E-state index contributed by atoms with van der Waals surface area (Å²) in [5.41, 5.74) is 0. The predicted molar refractivity (Wildman–Crippen MR) is 238 cm³/mol. The predicted octanol–water partition coefficient (Wildman–Crippen LogP) is 12.7. The molecule has 0 rings (SSSR count). The fourth-order valence-corrected chi connectivity index (χ4v) is 6.07. The average Bonchev–Trinajstić information content (AvgIpc) is 3.18. The average molecular weight is 818 g/mol. The molecule has 9 nitrogen and oxygen atoms in total. The summed E-state index contributed by atoms with van der Waals surface area (Å²) in [6, 6.07) is 0. The van der Waals surface area contributed by atoms with E-state index in [1.807, 2.05) is 19.0 Å². The number of phosphoric acid groups is 1. The van der Waals surface area contributed by atoms with Crippen molar-refractivity contribution in [1.29, 1.82) is 0 Å². The number of carbonyl (C=O) groups is 2. The van der Waals surface area contributed by atoms with Crippen molar-refractivity contribution in [3.05, 3.63) is 85.1 Å². The molecule has 0 heterocycles. The lowest BCUT2D eigenvalue weighted by atomic mass is 10.1. The molecule has 0 amide bonds. The van der Waals surface area contributed by atoms with E-state index < -0.39 is 32.5 Å². The van der Waals surface area contributed by atoms with Crippen molar-refractivity contribution < 1.29 is 37.6 Å². The number of phosphoric ester groups is 1. The zero-order valence-corrected chi connectivity index (χ0v) is 37.1. The number of hydrogen-bond acceptors (Lipinski definition) is 8. The Morgan fingerprint density at radius 3 is 1.51 bits per heavy atom. The summed E-state index contributed by atoms with van der Waals surface area (Å²) in [7, 11) is -0.747. The second-order valence-corrected chi connectivity index (χ2v) is 15.9. The van der Waals surface area contributed by atoms with Crippen LogP contribution in [0, 0.1) is 0 Å². The molecule has 10 heteroatoms. The van der Waals surface area contributed by atoms with Gasteiger partial charge in [-0.25, -0.2) is 4.57 Å². The zero-order valence-electron chi connectivity index (χ0n) is 36.2. The van der Waals surface area contributed by atoms with Crippen LogP contribution in [0.25, 0.3) is 0 Å². The van der Waals surface area contributed by atoms with Gasteiger partial charge in [-0.2, -0.15) is 0 Å². The highest BCUT2D eigenvalue weighted by atomic mass is 31.2. The first-order valence-electron chi connectivity index (χ1n) is 21.9. The Balaban J connectivity index is 4.39. The van der Waals surface area contributed by atoms with E-state index in [4.69, 9.17) is 18.5 Å². The molecule has 1 N–H and O–H groups in total. The van der Waals surface area contributed by atoms with Crippen LogP contribution in [0.5, 0.6) is 0 Å². The standard InChI is InChI=1S/C47H80NO8P/c1-5-7-9-11-13-15-17-19-21-22-23-24-26-27-29-31-33-35-37-39-46(49)53-43-45(44-55-57(51,52)54-42-41-48(3)4)56-47(50)40-38-36-34-32-30-28-25-20-18-16-14-12-10-8-6-2/h7,9,13-16,19-21,23-25,27,29,45H,5-6,8,10-12,17-18,22,26,28,30-44H2,1-4H3,(H,51,52)/b9-7-,15-13-,16-14-,21-19-,24-23-,25-20-,29-27-. The third-order valence-electron chi connectivity index (χ3n) is 8.69. The first-order valence-corrected chi connectivity index (χ1v) is 23.4. The number of hydrogen-bond donors (Lipinski definition) is 1. The van der Waals surface area contributed by atoms with Crippen molar-refractivity contribution in [1.82, 2.24) is 4.90 Å². The molecule has 0 saturated heterocycles. The van der Waals surface area contributed by atoms with Crippen molar-refractivity contribution in [2.24, 2.45) is 0 Å². The van der Waals surface area contributed by atoms with Gasteiger partial charge in [0.25, 0.3) is 0 Å². The van der Waals surface area contributed by atoms with E-state index >= 15 is 0 Å². The van der Waals surface area contributed by atoms with Crippen LogP contribution in [0.1, 0.15) is 155 Å². The largest absolute Gasteiger partial charge is 0.472 e. The molecule has 0 aliphatic rings. The van der Waals surface area contributed by atoms with Crippen LogP contribution < -0.4 is 0 Å². The molecule has 0 aromatic rings. The van der Waals surface area contributed by atoms with Gasteiger partial charge in [-0.3, -0.25) is 18.6 Å². The Labute approximate surface area is 348 Å². The van der Waals surface area contributed by atoms with Gasteiger partial charge in [0.05, 0.1) is 13.2 Å². The lowest BCUT2D eigenvalue weighted by Gasteiger charge is -2.20. The van der Waals surface area contributed by atoms with E-state index in [1.54, 1.807) is 0 Å². The molecule has 57 heavy (non-hydrogen) atoms. The maximum Gasteiger partial charge on any atom is 0.472 e. The van der Waals surface area contributed by atoms with E-state index in [0.29, 0.717) is 19.4 Å². The number of likely N-dealkylation sites (N-methyl/N-ethyl adjacent to an activating group) is 1. The summed E-state index contributed by atoms with van der Waals surface area (Å²) in [4.78, 5) is 37.0. The van der Waals surface area contributed by atoms with Crippen LogP contribution in [0.2, 0.25) is 0 Å². The molecule has 0 aliphatic carbocycles. The number of carbonyl (C=O) groups excluding carboxylic acids is 2. The topological polar surface area (TPSA) is 112 Å². The van der Waals surface area contributed by atoms with Crippen LogP contribution in [0.3, 0.4) is 0 Å². The fourth-order valence-electron chi connectivity index (χ4n) is 5.33. The van der Waals surface area contributed by atoms with Crippen molar-refractivity contribution >= 4 is 19.8 Å². The minimum atomic E-state index is -4.38. The summed E-state index contributed by atoms with van der Waals surface area (Å²) in [6.07, 6.45) is 50.5. The minimum absolute atomic E-state index is 0.00583. The molecule has 0 aromatic heterocycles. The zero-order chi connectivity index (χ0) is 41.9. The van der Waals surface area contributed by atoms with E-state index in [-0.39, 0.29) is 26.1 Å². The summed E-state index contributed by atoms with van der Waals surface area (Å²) >= 11 is 0. The molecule has 0 saturated carbocycles. The van der Waals surface area contributed by atoms with Crippen molar-refractivity contribution in [3.63, 3.8) is 0 Å². The number of allylic oxidation sites excluding steroid dienone is 14. The highest BCUT2D eigenvalue weighted by Crippen LogP contribution is 2.43. The Morgan fingerprint density at radius 1 is 0.561 bits per heavy atom. The number of rotatable bonds is 39. The molecule has 2 atom stereocenters. The number of esters is 2. The maximum absolute atomic E-state index is 12.6. The molecule has 2 unspecified atom stereocenters. The quantitative estimate of drug-likeness (QED) is 0.0280. The first kappa shape index (κ1) is 54.2. The van der Waals surface area contributed by atoms with Gasteiger partial charge in [-0.15, -0.1) is 0 Å². The molecule has 0 aliphatic heterocycles. The lowest BCUT2D eigenvalue weighted by Crippen LogP contribution is -2.29. The van der Waals surface area contributed by atoms with Crippen molar-refractivity contribution in [2.45, 2.75) is 161 Å². The first-order chi connectivity index (χ1) is 27.7. The van der Waals surface area contributed by atoms with E-state index in [9.17, 15) is 19.0 Å². The molecular formula is C47H80NO8P. The van der Waals surface area contributed by atoms with Gasteiger partial charge in [-0.05, 0) is 104 Å². The molecule has 326 valence electrons. The third-order valence-corrected chi connectivity index (χ3v) is 9.67. The van der Waals surface area contributed by atoms with Crippen LogP contribution in [0.15, 0.2) is 85.1 Å². The summed E-state index contributed by atoms with van der Waals surface area (Å²) < 4.78 is 33.4. The van der Waals surface area contributed by atoms with Crippen molar-refractivity contribution in [3.8, 4) is 0 Å². The summed E-state index contributed by atoms with van der Waals surface area (Å²) in [5, 5.41) is 0. The monoisotopic (exact) mass is 818 g/mol. The Kier molecular flexibility index (Phi) is 39.3. The number of nitrogens with zero attached hydrogens (tertiary/aromatic N) is 1. The number of ether oxygens (including phenoxy) is 2. The van der Waals surface area contributed by atoms with E-state index in [1.165, 1.54) is 25.7 Å². The van der Waals surface area contributed by atoms with Gasteiger partial charge >= 0.3 is 19.8 Å². The Bertz CT molecular complexity index is 1220. The third kappa shape index (κ3) is 42.6. The van der Waals surface area contributed by atoms with Gasteiger partial charge in [0.15, 0.2) is 6.10 Å². The second kappa shape index (κ2) is 41.4. The minimum Gasteiger partial charge on any atom is -0.462 e. The van der Waals surface area contributed by atoms with E-state index in [0.717, 1.165) is 89.9 Å². The van der Waals surface area contributed by atoms with Gasteiger partial charge in [0.2, 0.25) is 0 Å². The van der Waals surface area contributed by atoms with Gasteiger partial charge in [0.1, 0.15) is 6.61 Å². The van der Waals surface area contributed by atoms with Crippen molar-refractivity contribution in [2.75, 3.05) is 40.5 Å². The van der Waals surface area contributed by atoms with Crippen LogP contribution in [0.4, 0.5) is 0 Å². The normalized spacial score (nSPS) is 14.2. The number of unbranched alkanes of at least 4 members (excludes halogenated alkanes) is 11. The van der Waals surface area contributed by atoms with Crippen LogP contribution in [-0.2, 0) is 32.7 Å². The molecule has 0 fully saturated rings. The summed E-state index contributed by atoms with van der Waals surface area (Å²) in [5.74, 6) is -0.865. The Morgan fingerprint density at radius 2 is 1.00 bits per heavy atom. The fraction of sp³-hybridized carbons (Fsp3) is 0.660. The second-order valence-electron chi connectivity index (χ2n) is 14.5. The highest BCUT2D eigenvalue weighted by molar-refractivity contribution is 7.47. The molecule has 0 aromatic carbocycles. The molecular weight excluding hydrogens is 737 g/mol. The van der Waals surface area contributed by atoms with Gasteiger partial charge in [-0.1, -0.05) is 137 Å². The van der Waals surface area contributed by atoms with Crippen LogP contribution >= 0.6 is 7.82 Å². The van der Waals surface area contributed by atoms with Gasteiger partial charge in [0, 0.05) is 19.4 Å². The molecule has 0 bridgehead atoms. The Hall–Kier alpha value is -2.81. The smallest absolute Gasteiger partial charge is 0.462 e. The van der Waals surface area contributed by atoms with Gasteiger partial charge < -0.3 is 19.3 Å².